The number of nitrogens with two attached hydrogens (primary N) is 1. The second-order valence-electron chi connectivity index (χ2n) is 41.9. The average Bonchev–Trinajstić information content (AvgIpc) is 1.56. The fourth-order valence-corrected chi connectivity index (χ4v) is 21.6. The summed E-state index contributed by atoms with van der Waals surface area (Å²) in [6.07, 6.45) is 22.9. The lowest BCUT2D eigenvalue weighted by Crippen LogP contribution is -2.53. The van der Waals surface area contributed by atoms with Crippen molar-refractivity contribution < 1.29 is 116 Å². The van der Waals surface area contributed by atoms with Crippen molar-refractivity contribution in [1.82, 2.24) is 34.8 Å². The number of esters is 1. The summed E-state index contributed by atoms with van der Waals surface area (Å²) in [6.45, 7) is 41.6. The minimum absolute atomic E-state index is 0.0789. The summed E-state index contributed by atoms with van der Waals surface area (Å²) in [7, 11) is -6.42. The topological polar surface area (TPSA) is 467 Å². The summed E-state index contributed by atoms with van der Waals surface area (Å²) >= 11 is 0. The number of likely N-dealkylation sites (tertiary alicyclic amines) is 2. The number of unbranched alkanes of at least 4 members (excludes halogenated alkanes) is 6. The molecule has 3 saturated heterocycles. The van der Waals surface area contributed by atoms with Gasteiger partial charge in [0.05, 0.1) is 73.3 Å². The second-order valence-corrected chi connectivity index (χ2v) is 48.3. The van der Waals surface area contributed by atoms with Crippen molar-refractivity contribution in [3.63, 3.8) is 0 Å². The van der Waals surface area contributed by atoms with Gasteiger partial charge in [-0.2, -0.15) is 0 Å². The maximum Gasteiger partial charge on any atom is 0.408 e. The summed E-state index contributed by atoms with van der Waals surface area (Å²) in [4.78, 5) is 165. The highest BCUT2D eigenvalue weighted by molar-refractivity contribution is 7.92. The van der Waals surface area contributed by atoms with Gasteiger partial charge in [0.15, 0.2) is 17.3 Å². The van der Waals surface area contributed by atoms with Crippen LogP contribution in [0.2, 0.25) is 0 Å². The van der Waals surface area contributed by atoms with E-state index in [0.29, 0.717) is 70.6 Å². The van der Waals surface area contributed by atoms with Crippen LogP contribution < -0.4 is 25.2 Å². The molecule has 3 unspecified atom stereocenters. The summed E-state index contributed by atoms with van der Waals surface area (Å²) in [5.41, 5.74) is -5.79. The Morgan fingerprint density at radius 1 is 0.557 bits per heavy atom. The van der Waals surface area contributed by atoms with Crippen LogP contribution in [0.25, 0.3) is 0 Å². The van der Waals surface area contributed by atoms with Gasteiger partial charge in [0, 0.05) is 83.9 Å². The number of hydrogen-bond acceptors (Lipinski definition) is 24. The number of aliphatic carboxylic acids is 1. The third-order valence-electron chi connectivity index (χ3n) is 28.0. The Morgan fingerprint density at radius 2 is 0.977 bits per heavy atom. The van der Waals surface area contributed by atoms with Gasteiger partial charge in [-0.25, -0.2) is 40.0 Å². The number of methoxy groups -OCH3 is 3. The molecule has 36 heteroatoms. The number of carboxylic acid groups (broad SMARTS) is 1. The predicted molar refractivity (Wildman–Crippen MR) is 494 cm³/mol. The van der Waals surface area contributed by atoms with Crippen molar-refractivity contribution in [2.24, 2.45) is 62.8 Å². The summed E-state index contributed by atoms with van der Waals surface area (Å²) < 4.78 is 108. The van der Waals surface area contributed by atoms with Crippen LogP contribution in [-0.2, 0) is 106 Å². The van der Waals surface area contributed by atoms with Crippen LogP contribution in [0, 0.1) is 57.7 Å². The summed E-state index contributed by atoms with van der Waals surface area (Å²) in [5, 5.41) is 20.1. The first-order valence-electron chi connectivity index (χ1n) is 46.6. The molecule has 740 valence electrons. The Bertz CT molecular complexity index is 4580. The van der Waals surface area contributed by atoms with E-state index < -0.39 is 167 Å². The first-order valence-corrected chi connectivity index (χ1v) is 51.1. The molecule has 9 fully saturated rings. The first kappa shape index (κ1) is 110. The van der Waals surface area contributed by atoms with Gasteiger partial charge in [0.2, 0.25) is 59.6 Å². The second kappa shape index (κ2) is 44.4. The van der Waals surface area contributed by atoms with Gasteiger partial charge in [0.25, 0.3) is 0 Å². The molecule has 6 aliphatic carbocycles. The van der Waals surface area contributed by atoms with Crippen molar-refractivity contribution in [3.8, 4) is 0 Å². The number of Topliss-reactive ketones (excluding diaryl/α,β-unsaturated/α-hetero) is 3. The number of ether oxygens (including phenoxy) is 6. The molecule has 6 saturated carbocycles. The lowest BCUT2D eigenvalue weighted by atomic mass is 9.87. The highest BCUT2D eigenvalue weighted by Crippen LogP contribution is 2.60. The first-order chi connectivity index (χ1) is 60.7. The predicted octanol–water partition coefficient (Wildman–Crippen LogP) is 11.7. The van der Waals surface area contributed by atoms with Gasteiger partial charge < -0.3 is 58.9 Å². The van der Waals surface area contributed by atoms with Gasteiger partial charge in [-0.1, -0.05) is 95.8 Å². The zero-order chi connectivity index (χ0) is 98.6. The molecule has 33 nitrogen and oxygen atoms in total. The van der Waals surface area contributed by atoms with Gasteiger partial charge in [0.1, 0.15) is 28.9 Å². The van der Waals surface area contributed by atoms with Crippen molar-refractivity contribution in [2.75, 3.05) is 41.0 Å². The Balaban J connectivity index is 0.000000257. The number of primary sulfonamides is 1. The number of carbonyl (C=O) groups is 12. The molecule has 18 atom stereocenters. The Labute approximate surface area is 777 Å². The standard InChI is InChI=1S/C32H51N3O8S.C31H48N2O8S.C28H44N2O7.C4H9NO2S/c1-9-11-12-13-14-15-23(33-29(39)43-30(4,5)6)27(37)35-20-25(42-8)21(3)26(35)24(36)19-32(18-22(32)10-2)28(38)34-44(40,41)31(7)16-17-31;1-20-24(40-6)19-33-26(20)23(34)18-31(28(37)32-42(38,39)30(5)14-15-30)17-22(31)13-11-9-7-8-10-12-21(27(33)36)16-25(35)41-29(2,3)4;1-8-10-11-12-13-14-20(29-26(35)37-27(4,5)6)24(32)30-17-22(36-7)18(3)23(30)21(31)16-28(25(33)34)15-19(28)9-2;1-4(2-3-4)8(5,6)7/h9-10,21-23,25-26H,1-2,11-20H2,3-8H3,(H,33,39)(H,34,38);11,13,20-22,24,26H,7-10,12,14-19H2,1-6H3,(H,32,37);8-9,18-20,22-23H,1-2,10-17H2,3-7H3,(H,29,35)(H,33,34);2-3H2,1H3,(H2,5,6,7)/b;13-11-;;/t21?,22-,23+,25+,26+,32-;20?,21-,22-,24+,26+,31-;18?,19-,20+,22+,23+,28-;/m111./s1. The lowest BCUT2D eigenvalue weighted by Gasteiger charge is -2.31. The van der Waals surface area contributed by atoms with Crippen LogP contribution in [0.1, 0.15) is 284 Å². The van der Waals surface area contributed by atoms with Gasteiger partial charge in [-0.15, -0.1) is 26.3 Å². The van der Waals surface area contributed by atoms with Crippen LogP contribution in [0.5, 0.6) is 0 Å². The number of rotatable bonds is 37. The summed E-state index contributed by atoms with van der Waals surface area (Å²) in [5.74, 6) is -7.51. The van der Waals surface area contributed by atoms with E-state index in [9.17, 15) is 87.9 Å². The summed E-state index contributed by atoms with van der Waals surface area (Å²) in [6, 6.07) is -4.43. The largest absolute Gasteiger partial charge is 0.481 e. The van der Waals surface area contributed by atoms with Crippen LogP contribution in [-0.4, -0.2) is 237 Å². The normalized spacial score (nSPS) is 29.8. The molecule has 0 bridgehead atoms. The maximum absolute atomic E-state index is 14.1. The molecule has 0 aromatic carbocycles. The molecule has 7 amide bonds. The molecule has 10 rings (SSSR count). The van der Waals surface area contributed by atoms with E-state index in [2.05, 4.69) is 46.4 Å². The lowest BCUT2D eigenvalue weighted by molar-refractivity contribution is -0.159. The van der Waals surface area contributed by atoms with Gasteiger partial charge in [-0.3, -0.25) is 57.4 Å². The number of sulfonamides is 3. The van der Waals surface area contributed by atoms with Crippen LogP contribution in [0.15, 0.2) is 62.8 Å². The number of ketones is 3. The van der Waals surface area contributed by atoms with Crippen molar-refractivity contribution in [2.45, 2.75) is 363 Å². The third kappa shape index (κ3) is 28.4. The van der Waals surface area contributed by atoms with E-state index in [1.165, 1.54) is 28.9 Å². The third-order valence-corrected chi connectivity index (χ3v) is 34.1. The van der Waals surface area contributed by atoms with Crippen molar-refractivity contribution in [3.05, 3.63) is 62.8 Å². The molecular weight excluding hydrogens is 1750 g/mol. The number of carbonyl (C=O) groups excluding carboxylic acids is 11. The minimum Gasteiger partial charge on any atom is -0.481 e. The minimum atomic E-state index is -3.90. The Hall–Kier alpha value is -7.77. The number of carboxylic acids is 1. The van der Waals surface area contributed by atoms with Crippen LogP contribution >= 0.6 is 0 Å². The fraction of sp³-hybridized carbons (Fsp3) is 0.768. The molecule has 4 aliphatic heterocycles. The van der Waals surface area contributed by atoms with E-state index in [1.54, 1.807) is 102 Å². The monoisotopic (exact) mass is 1900 g/mol. The molecule has 0 radical (unpaired) electrons. The molecule has 7 N–H and O–H groups in total. The number of nitrogens with one attached hydrogen (secondary N) is 4. The van der Waals surface area contributed by atoms with Crippen LogP contribution in [0.4, 0.5) is 9.59 Å². The number of amides is 7. The molecule has 0 spiro atoms. The zero-order valence-electron chi connectivity index (χ0n) is 80.8. The SMILES string of the molecule is C=CCCCCC[C@H](NC(=O)OC(C)(C)C)C(=O)N1C[C@H](OC)C(C)[C@H]1C(=O)C[C@]1(C(=O)NS(=O)(=O)C2(C)CC2)C[C@H]1C=C.C=CCCCCC[C@H](NC(=O)OC(C)(C)C)C(=O)N1C[C@H](OC)C(C)[C@H]1C(=O)C[C@]1(C(=O)O)C[C@H]1C=C.CC1(S(N)(=O)=O)CC1.CO[C@H]1CN2C(=O)[C@@H](CC(=O)OC(C)(C)C)CCCCC/C=C\[C@@H]3C[C@@]3(C(=O)NS(=O)(=O)C3(C)CC3)CC(=O)[C@@H]2C1C. The number of nitrogens with zero attached hydrogens (tertiary/aromatic N) is 3. The molecule has 0 aromatic heterocycles. The number of fused-ring (bicyclic) bond motifs is 2. The van der Waals surface area contributed by atoms with E-state index >= 15 is 0 Å². The zero-order valence-corrected chi connectivity index (χ0v) is 83.2. The maximum atomic E-state index is 14.1. The van der Waals surface area contributed by atoms with Crippen molar-refractivity contribution >= 4 is 101 Å². The van der Waals surface area contributed by atoms with E-state index in [0.717, 1.165) is 77.0 Å². The van der Waals surface area contributed by atoms with Gasteiger partial charge >= 0.3 is 24.1 Å². The fourth-order valence-electron chi connectivity index (χ4n) is 18.3. The Kier molecular flexibility index (Phi) is 37.3. The van der Waals surface area contributed by atoms with E-state index in [4.69, 9.17) is 33.6 Å². The van der Waals surface area contributed by atoms with E-state index in [-0.39, 0.29) is 123 Å². The Morgan fingerprint density at radius 3 is 1.36 bits per heavy atom. The van der Waals surface area contributed by atoms with Gasteiger partial charge in [-0.05, 0) is 216 Å². The van der Waals surface area contributed by atoms with Crippen LogP contribution in [0.3, 0.4) is 0 Å². The highest BCUT2D eigenvalue weighted by Gasteiger charge is 2.66. The van der Waals surface area contributed by atoms with E-state index in [1.807, 2.05) is 45.1 Å². The average molecular weight is 1900 g/mol. The highest BCUT2D eigenvalue weighted by atomic mass is 32.2. The van der Waals surface area contributed by atoms with Crippen molar-refractivity contribution in [1.29, 1.82) is 0 Å². The molecule has 0 aromatic rings. The molecular formula is C95H152N8O25S3. The number of alkyl carbamates (subject to hydrolysis) is 2. The quantitative estimate of drug-likeness (QED) is 0.0146. The molecule has 10 aliphatic rings. The smallest absolute Gasteiger partial charge is 0.408 e. The number of allylic oxidation sites excluding steroid dienone is 6. The molecule has 131 heavy (non-hydrogen) atoms. The number of hydrogen-bond donors (Lipinski definition) is 6. The molecule has 4 heterocycles.